The fourth-order valence-corrected chi connectivity index (χ4v) is 3.64. The number of rotatable bonds is 5. The van der Waals surface area contributed by atoms with Gasteiger partial charge >= 0.3 is 6.18 Å². The summed E-state index contributed by atoms with van der Waals surface area (Å²) in [6.45, 7) is 3.44. The van der Waals surface area contributed by atoms with E-state index in [1.54, 1.807) is 48.4 Å². The molecule has 1 aliphatic rings. The Morgan fingerprint density at radius 2 is 1.71 bits per heavy atom. The Labute approximate surface area is 199 Å². The summed E-state index contributed by atoms with van der Waals surface area (Å²) in [6, 6.07) is 11.4. The second-order valence-corrected chi connectivity index (χ2v) is 8.05. The van der Waals surface area contributed by atoms with E-state index >= 15 is 0 Å². The number of hydrogen-bond acceptors (Lipinski definition) is 5. The highest BCUT2D eigenvalue weighted by Crippen LogP contribution is 2.33. The molecule has 0 bridgehead atoms. The van der Waals surface area contributed by atoms with Gasteiger partial charge < -0.3 is 20.3 Å². The fraction of sp³-hybridized carbons (Fsp3) is 0.240. The minimum atomic E-state index is -4.61. The maximum Gasteiger partial charge on any atom is 0.416 e. The average molecular weight is 484 g/mol. The number of hydrogen-bond donors (Lipinski definition) is 2. The van der Waals surface area contributed by atoms with Gasteiger partial charge in [0.2, 0.25) is 0 Å². The van der Waals surface area contributed by atoms with E-state index < -0.39 is 17.6 Å². The van der Waals surface area contributed by atoms with E-state index in [0.29, 0.717) is 48.9 Å². The summed E-state index contributed by atoms with van der Waals surface area (Å²) >= 11 is 0. The molecule has 35 heavy (non-hydrogen) atoms. The van der Waals surface area contributed by atoms with Crippen molar-refractivity contribution in [1.29, 1.82) is 0 Å². The van der Waals surface area contributed by atoms with E-state index in [2.05, 4.69) is 15.6 Å². The van der Waals surface area contributed by atoms with E-state index in [1.165, 1.54) is 12.3 Å². The van der Waals surface area contributed by atoms with Gasteiger partial charge in [0.15, 0.2) is 0 Å². The zero-order chi connectivity index (χ0) is 25.0. The number of nitrogens with one attached hydrogen (secondary N) is 2. The van der Waals surface area contributed by atoms with Gasteiger partial charge in [-0.25, -0.2) is 0 Å². The second kappa shape index (κ2) is 10.1. The first-order valence-corrected chi connectivity index (χ1v) is 10.9. The van der Waals surface area contributed by atoms with Crippen molar-refractivity contribution in [2.45, 2.75) is 13.1 Å². The molecular formula is C25H23F3N4O3. The van der Waals surface area contributed by atoms with Crippen molar-refractivity contribution in [2.24, 2.45) is 0 Å². The van der Waals surface area contributed by atoms with Gasteiger partial charge in [0.25, 0.3) is 11.8 Å². The lowest BCUT2D eigenvalue weighted by Gasteiger charge is -2.29. The van der Waals surface area contributed by atoms with Crippen LogP contribution in [0.5, 0.6) is 0 Å². The normalized spacial score (nSPS) is 13.9. The van der Waals surface area contributed by atoms with Crippen LogP contribution < -0.4 is 15.5 Å². The lowest BCUT2D eigenvalue weighted by Crippen LogP contribution is -2.36. The fourth-order valence-electron chi connectivity index (χ4n) is 3.64. The molecule has 0 saturated carbocycles. The van der Waals surface area contributed by atoms with Crippen LogP contribution in [0.25, 0.3) is 0 Å². The quantitative estimate of drug-likeness (QED) is 0.546. The van der Waals surface area contributed by atoms with Gasteiger partial charge in [-0.15, -0.1) is 0 Å². The topological polar surface area (TPSA) is 83.6 Å². The maximum atomic E-state index is 13.5. The lowest BCUT2D eigenvalue weighted by atomic mass is 10.1. The summed E-state index contributed by atoms with van der Waals surface area (Å²) < 4.78 is 45.9. The minimum absolute atomic E-state index is 0.122. The summed E-state index contributed by atoms with van der Waals surface area (Å²) in [6.07, 6.45) is -1.63. The Morgan fingerprint density at radius 3 is 2.40 bits per heavy atom. The summed E-state index contributed by atoms with van der Waals surface area (Å²) in [5.41, 5.74) is 1.17. The highest BCUT2D eigenvalue weighted by molar-refractivity contribution is 6.07. The molecule has 2 N–H and O–H groups in total. The van der Waals surface area contributed by atoms with E-state index in [9.17, 15) is 22.8 Å². The van der Waals surface area contributed by atoms with Gasteiger partial charge in [0, 0.05) is 48.1 Å². The number of pyridine rings is 1. The number of carbonyl (C=O) groups is 2. The molecule has 0 spiro atoms. The van der Waals surface area contributed by atoms with E-state index in [0.717, 1.165) is 17.7 Å². The number of morpholine rings is 1. The lowest BCUT2D eigenvalue weighted by molar-refractivity contribution is -0.137. The molecule has 2 aromatic carbocycles. The molecular weight excluding hydrogens is 461 g/mol. The molecule has 0 aliphatic carbocycles. The van der Waals surface area contributed by atoms with Gasteiger partial charge in [-0.1, -0.05) is 6.07 Å². The number of aromatic nitrogens is 1. The predicted octanol–water partition coefficient (Wildman–Crippen LogP) is 4.75. The molecule has 1 aromatic heterocycles. The Kier molecular flexibility index (Phi) is 7.02. The first-order valence-electron chi connectivity index (χ1n) is 10.9. The Hall–Kier alpha value is -3.92. The van der Waals surface area contributed by atoms with Crippen LogP contribution in [0.3, 0.4) is 0 Å². The third kappa shape index (κ3) is 5.96. The molecule has 0 unspecified atom stereocenters. The average Bonchev–Trinajstić information content (AvgIpc) is 2.86. The van der Waals surface area contributed by atoms with Crippen LogP contribution in [-0.4, -0.2) is 43.1 Å². The first-order chi connectivity index (χ1) is 16.7. The zero-order valence-electron chi connectivity index (χ0n) is 18.9. The maximum absolute atomic E-state index is 13.5. The Morgan fingerprint density at radius 1 is 0.971 bits per heavy atom. The molecule has 182 valence electrons. The molecule has 4 rings (SSSR count). The number of carbonyl (C=O) groups excluding carboxylic acids is 2. The van der Waals surface area contributed by atoms with Crippen molar-refractivity contribution < 1.29 is 27.5 Å². The number of ether oxygens (including phenoxy) is 1. The number of anilines is 3. The van der Waals surface area contributed by atoms with Gasteiger partial charge in [0.1, 0.15) is 0 Å². The van der Waals surface area contributed by atoms with Crippen LogP contribution in [0.4, 0.5) is 30.2 Å². The van der Waals surface area contributed by atoms with Crippen LogP contribution >= 0.6 is 0 Å². The molecule has 0 atom stereocenters. The van der Waals surface area contributed by atoms with Crippen molar-refractivity contribution in [3.63, 3.8) is 0 Å². The van der Waals surface area contributed by atoms with Crippen molar-refractivity contribution >= 4 is 28.9 Å². The zero-order valence-corrected chi connectivity index (χ0v) is 18.9. The SMILES string of the molecule is Cc1ccc(NC(=O)c2cc(N3CCOCC3)cc(C(F)(F)F)c2)cc1NC(=O)c1cccnc1. The van der Waals surface area contributed by atoms with E-state index in [1.807, 2.05) is 0 Å². The van der Waals surface area contributed by atoms with Crippen LogP contribution in [0, 0.1) is 6.92 Å². The van der Waals surface area contributed by atoms with Gasteiger partial charge in [-0.3, -0.25) is 14.6 Å². The number of halogens is 3. The standard InChI is InChI=1S/C25H23F3N4O3/c1-16-4-5-20(14-22(16)31-23(33)17-3-2-6-29-15-17)30-24(34)18-11-19(25(26,27)28)13-21(12-18)32-7-9-35-10-8-32/h2-6,11-15H,7-10H2,1H3,(H,30,34)(H,31,33). The first kappa shape index (κ1) is 24.2. The van der Waals surface area contributed by atoms with Crippen LogP contribution in [0.1, 0.15) is 31.8 Å². The molecule has 2 amide bonds. The van der Waals surface area contributed by atoms with Crippen LogP contribution in [-0.2, 0) is 10.9 Å². The molecule has 0 radical (unpaired) electrons. The molecule has 1 saturated heterocycles. The monoisotopic (exact) mass is 484 g/mol. The van der Waals surface area contributed by atoms with Gasteiger partial charge in [-0.2, -0.15) is 13.2 Å². The van der Waals surface area contributed by atoms with Gasteiger partial charge in [-0.05, 0) is 55.0 Å². The smallest absolute Gasteiger partial charge is 0.378 e. The molecule has 10 heteroatoms. The molecule has 3 aromatic rings. The number of amides is 2. The molecule has 1 fully saturated rings. The highest BCUT2D eigenvalue weighted by atomic mass is 19.4. The number of alkyl halides is 3. The summed E-state index contributed by atoms with van der Waals surface area (Å²) in [7, 11) is 0. The summed E-state index contributed by atoms with van der Waals surface area (Å²) in [4.78, 5) is 31.1. The van der Waals surface area contributed by atoms with Gasteiger partial charge in [0.05, 0.1) is 24.3 Å². The molecule has 7 nitrogen and oxygen atoms in total. The van der Waals surface area contributed by atoms with Crippen LogP contribution in [0.2, 0.25) is 0 Å². The predicted molar refractivity (Wildman–Crippen MR) is 126 cm³/mol. The third-order valence-corrected chi connectivity index (χ3v) is 5.55. The van der Waals surface area contributed by atoms with E-state index in [4.69, 9.17) is 4.74 Å². The number of benzene rings is 2. The van der Waals surface area contributed by atoms with E-state index in [-0.39, 0.29) is 11.5 Å². The van der Waals surface area contributed by atoms with Crippen molar-refractivity contribution in [2.75, 3.05) is 41.8 Å². The van der Waals surface area contributed by atoms with Crippen LogP contribution in [0.15, 0.2) is 60.9 Å². The second-order valence-electron chi connectivity index (χ2n) is 8.05. The number of nitrogens with zero attached hydrogens (tertiary/aromatic N) is 2. The Bertz CT molecular complexity index is 1230. The Balaban J connectivity index is 1.57. The largest absolute Gasteiger partial charge is 0.416 e. The highest BCUT2D eigenvalue weighted by Gasteiger charge is 2.32. The number of aryl methyl sites for hydroxylation is 1. The van der Waals surface area contributed by atoms with Crippen molar-refractivity contribution in [3.05, 3.63) is 83.2 Å². The summed E-state index contributed by atoms with van der Waals surface area (Å²) in [5.74, 6) is -1.07. The third-order valence-electron chi connectivity index (χ3n) is 5.55. The molecule has 2 heterocycles. The van der Waals surface area contributed by atoms with Crippen molar-refractivity contribution in [3.8, 4) is 0 Å². The minimum Gasteiger partial charge on any atom is -0.378 e. The van der Waals surface area contributed by atoms with Crippen molar-refractivity contribution in [1.82, 2.24) is 4.98 Å². The summed E-state index contributed by atoms with van der Waals surface area (Å²) in [5, 5.41) is 5.40. The molecule has 1 aliphatic heterocycles.